The predicted octanol–water partition coefficient (Wildman–Crippen LogP) is 3.75. The van der Waals surface area contributed by atoms with Crippen molar-refractivity contribution < 1.29 is 13.6 Å². The minimum atomic E-state index is -1.14. The number of hydrogen-bond acceptors (Lipinski definition) is 5. The first-order chi connectivity index (χ1) is 16.7. The number of aromatic amines is 1. The molecule has 0 radical (unpaired) electrons. The molecule has 0 aliphatic carbocycles. The number of fused-ring (bicyclic) bond motifs is 1. The topological polar surface area (TPSA) is 110 Å². The number of benzene rings is 2. The van der Waals surface area contributed by atoms with Crippen molar-refractivity contribution in [2.24, 2.45) is 0 Å². The molecule has 0 saturated carbocycles. The largest absolute Gasteiger partial charge is 0.306 e. The molecule has 2 aromatic carbocycles. The first-order valence-electron chi connectivity index (χ1n) is 10.6. The van der Waals surface area contributed by atoms with Crippen molar-refractivity contribution in [3.05, 3.63) is 93.0 Å². The monoisotopic (exact) mass is 475 g/mol. The maximum Gasteiger partial charge on any atom is 0.263 e. The zero-order valence-electron chi connectivity index (χ0n) is 18.9. The van der Waals surface area contributed by atoms with E-state index in [-0.39, 0.29) is 22.7 Å². The highest BCUT2D eigenvalue weighted by atomic mass is 19.2. The summed E-state index contributed by atoms with van der Waals surface area (Å²) in [7, 11) is 0. The van der Waals surface area contributed by atoms with Crippen LogP contribution in [0.25, 0.3) is 22.7 Å². The van der Waals surface area contributed by atoms with E-state index < -0.39 is 23.1 Å². The van der Waals surface area contributed by atoms with Crippen LogP contribution in [-0.4, -0.2) is 35.4 Å². The molecule has 0 spiro atoms. The fourth-order valence-corrected chi connectivity index (χ4v) is 3.80. The van der Waals surface area contributed by atoms with Gasteiger partial charge in [-0.2, -0.15) is 19.9 Å². The fourth-order valence-electron chi connectivity index (χ4n) is 3.80. The molecule has 5 aromatic rings. The van der Waals surface area contributed by atoms with E-state index in [0.29, 0.717) is 11.3 Å². The molecule has 0 saturated heterocycles. The lowest BCUT2D eigenvalue weighted by molar-refractivity contribution is 0.102. The SMILES string of the molecule is Cc1ccc(-n2ncc3c(=O)[nH]c(-n4nc(C)cc4NC(=O)c4ccc(F)c(F)c4)nc32)c(C)c1. The molecule has 0 fully saturated rings. The second-order valence-corrected chi connectivity index (χ2v) is 8.14. The van der Waals surface area contributed by atoms with E-state index in [9.17, 15) is 18.4 Å². The minimum absolute atomic E-state index is 0.0442. The Hall–Kier alpha value is -4.67. The lowest BCUT2D eigenvalue weighted by atomic mass is 10.1. The van der Waals surface area contributed by atoms with Crippen LogP contribution in [0.1, 0.15) is 27.2 Å². The number of nitrogens with zero attached hydrogens (tertiary/aromatic N) is 5. The Kier molecular flexibility index (Phi) is 5.24. The van der Waals surface area contributed by atoms with E-state index in [4.69, 9.17) is 0 Å². The molecule has 0 unspecified atom stereocenters. The minimum Gasteiger partial charge on any atom is -0.306 e. The summed E-state index contributed by atoms with van der Waals surface area (Å²) in [5, 5.41) is 11.6. The van der Waals surface area contributed by atoms with Gasteiger partial charge >= 0.3 is 0 Å². The van der Waals surface area contributed by atoms with Crippen LogP contribution in [0, 0.1) is 32.4 Å². The predicted molar refractivity (Wildman–Crippen MR) is 125 cm³/mol. The Bertz CT molecular complexity index is 1680. The molecule has 1 amide bonds. The van der Waals surface area contributed by atoms with Gasteiger partial charge in [0, 0.05) is 11.6 Å². The molecule has 0 atom stereocenters. The van der Waals surface area contributed by atoms with E-state index in [2.05, 4.69) is 25.5 Å². The van der Waals surface area contributed by atoms with Gasteiger partial charge in [-0.05, 0) is 50.6 Å². The highest BCUT2D eigenvalue weighted by Crippen LogP contribution is 2.21. The van der Waals surface area contributed by atoms with Crippen molar-refractivity contribution in [2.75, 3.05) is 5.32 Å². The van der Waals surface area contributed by atoms with Crippen LogP contribution in [0.15, 0.2) is 53.5 Å². The smallest absolute Gasteiger partial charge is 0.263 e. The number of hydrogen-bond donors (Lipinski definition) is 2. The summed E-state index contributed by atoms with van der Waals surface area (Å²) < 4.78 is 29.7. The van der Waals surface area contributed by atoms with Gasteiger partial charge in [-0.1, -0.05) is 17.7 Å². The normalized spacial score (nSPS) is 11.2. The Morgan fingerprint density at radius 3 is 2.54 bits per heavy atom. The zero-order valence-corrected chi connectivity index (χ0v) is 18.9. The average Bonchev–Trinajstić information content (AvgIpc) is 3.39. The number of aryl methyl sites for hydroxylation is 3. The number of H-pyrrole nitrogens is 1. The maximum absolute atomic E-state index is 13.6. The van der Waals surface area contributed by atoms with E-state index in [1.165, 1.54) is 10.9 Å². The van der Waals surface area contributed by atoms with E-state index in [1.807, 2.05) is 32.0 Å². The molecule has 35 heavy (non-hydrogen) atoms. The number of carbonyl (C=O) groups excluding carboxylic acids is 1. The third-order valence-electron chi connectivity index (χ3n) is 5.46. The lowest BCUT2D eigenvalue weighted by Crippen LogP contribution is -2.19. The number of rotatable bonds is 4. The van der Waals surface area contributed by atoms with Crippen molar-refractivity contribution in [3.63, 3.8) is 0 Å². The highest BCUT2D eigenvalue weighted by Gasteiger charge is 2.18. The van der Waals surface area contributed by atoms with Gasteiger partial charge in [-0.15, -0.1) is 0 Å². The quantitative estimate of drug-likeness (QED) is 0.411. The number of aromatic nitrogens is 6. The number of halogens is 2. The Morgan fingerprint density at radius 2 is 1.80 bits per heavy atom. The summed E-state index contributed by atoms with van der Waals surface area (Å²) in [5.41, 5.74) is 3.11. The van der Waals surface area contributed by atoms with Crippen LogP contribution in [-0.2, 0) is 0 Å². The molecule has 2 N–H and O–H groups in total. The van der Waals surface area contributed by atoms with Crippen LogP contribution in [0.4, 0.5) is 14.6 Å². The lowest BCUT2D eigenvalue weighted by Gasteiger charge is -2.10. The second-order valence-electron chi connectivity index (χ2n) is 8.14. The van der Waals surface area contributed by atoms with E-state index in [0.717, 1.165) is 35.0 Å². The Balaban J connectivity index is 1.59. The number of anilines is 1. The van der Waals surface area contributed by atoms with Crippen LogP contribution in [0.5, 0.6) is 0 Å². The van der Waals surface area contributed by atoms with Crippen LogP contribution >= 0.6 is 0 Å². The van der Waals surface area contributed by atoms with Crippen LogP contribution in [0.2, 0.25) is 0 Å². The van der Waals surface area contributed by atoms with Gasteiger partial charge in [0.25, 0.3) is 11.5 Å². The Morgan fingerprint density at radius 1 is 1.00 bits per heavy atom. The summed E-state index contributed by atoms with van der Waals surface area (Å²) in [6.45, 7) is 5.61. The molecule has 3 heterocycles. The van der Waals surface area contributed by atoms with Gasteiger partial charge in [0.15, 0.2) is 17.3 Å². The van der Waals surface area contributed by atoms with Gasteiger partial charge in [0.2, 0.25) is 5.95 Å². The van der Waals surface area contributed by atoms with Crippen LogP contribution in [0.3, 0.4) is 0 Å². The molecule has 5 rings (SSSR count). The van der Waals surface area contributed by atoms with Crippen molar-refractivity contribution >= 4 is 22.8 Å². The van der Waals surface area contributed by atoms with Gasteiger partial charge in [0.05, 0.1) is 17.6 Å². The zero-order chi connectivity index (χ0) is 24.9. The third kappa shape index (κ3) is 3.97. The van der Waals surface area contributed by atoms with E-state index >= 15 is 0 Å². The molecule has 11 heteroatoms. The molecular formula is C24H19F2N7O2. The highest BCUT2D eigenvalue weighted by molar-refractivity contribution is 6.04. The maximum atomic E-state index is 13.6. The summed E-state index contributed by atoms with van der Waals surface area (Å²) in [6.07, 6.45) is 1.43. The first kappa shape index (κ1) is 22.1. The molecule has 3 aromatic heterocycles. The molecule has 176 valence electrons. The van der Waals surface area contributed by atoms with Gasteiger partial charge in [-0.25, -0.2) is 13.5 Å². The summed E-state index contributed by atoms with van der Waals surface area (Å²) in [6, 6.07) is 10.2. The van der Waals surface area contributed by atoms with Crippen molar-refractivity contribution in [1.29, 1.82) is 0 Å². The number of carbonyl (C=O) groups is 1. The molecule has 0 bridgehead atoms. The van der Waals surface area contributed by atoms with Crippen molar-refractivity contribution in [2.45, 2.75) is 20.8 Å². The summed E-state index contributed by atoms with van der Waals surface area (Å²) >= 11 is 0. The summed E-state index contributed by atoms with van der Waals surface area (Å²) in [4.78, 5) is 32.7. The summed E-state index contributed by atoms with van der Waals surface area (Å²) in [5.74, 6) is -2.66. The van der Waals surface area contributed by atoms with Crippen molar-refractivity contribution in [1.82, 2.24) is 29.5 Å². The van der Waals surface area contributed by atoms with Crippen LogP contribution < -0.4 is 10.9 Å². The standard InChI is InChI=1S/C24H19F2N7O2/c1-12-4-7-19(13(2)8-12)32-21-16(11-27-32)23(35)30-24(29-21)33-20(9-14(3)31-33)28-22(34)15-5-6-17(25)18(26)10-15/h4-11H,1-3H3,(H,28,34)(H,29,30,35). The molecule has 0 aliphatic rings. The molecular weight excluding hydrogens is 456 g/mol. The van der Waals surface area contributed by atoms with Gasteiger partial charge in [-0.3, -0.25) is 14.6 Å². The van der Waals surface area contributed by atoms with Gasteiger partial charge < -0.3 is 5.32 Å². The second kappa shape index (κ2) is 8.28. The number of nitrogens with one attached hydrogen (secondary N) is 2. The first-order valence-corrected chi connectivity index (χ1v) is 10.6. The van der Waals surface area contributed by atoms with Crippen molar-refractivity contribution in [3.8, 4) is 11.6 Å². The third-order valence-corrected chi connectivity index (χ3v) is 5.46. The number of amides is 1. The fraction of sp³-hybridized carbons (Fsp3) is 0.125. The molecule has 0 aliphatic heterocycles. The average molecular weight is 475 g/mol. The van der Waals surface area contributed by atoms with Gasteiger partial charge in [0.1, 0.15) is 11.2 Å². The van der Waals surface area contributed by atoms with E-state index in [1.54, 1.807) is 17.7 Å². The Labute approximate surface area is 197 Å². The molecule has 9 nitrogen and oxygen atoms in total.